The molecule has 0 bridgehead atoms. The van der Waals surface area contributed by atoms with Crippen LogP contribution in [-0.2, 0) is 23.7 Å². The second-order valence-corrected chi connectivity index (χ2v) is 15.5. The zero-order valence-electron chi connectivity index (χ0n) is 28.5. The maximum atomic E-state index is 2.72. The summed E-state index contributed by atoms with van der Waals surface area (Å²) in [6.07, 6.45) is 4.53. The van der Waals surface area contributed by atoms with E-state index in [2.05, 4.69) is 138 Å². The molecular weight excluding hydrogens is 552 g/mol. The number of hydrogen-bond acceptors (Lipinski definition) is 1. The molecule has 4 aliphatic rings. The predicted octanol–water partition coefficient (Wildman–Crippen LogP) is 6.31. The summed E-state index contributed by atoms with van der Waals surface area (Å²) >= 11 is 0. The predicted molar refractivity (Wildman–Crippen MR) is 200 cm³/mol. The minimum absolute atomic E-state index is 0.0727. The van der Waals surface area contributed by atoms with Crippen molar-refractivity contribution in [2.75, 3.05) is 4.90 Å². The van der Waals surface area contributed by atoms with Crippen LogP contribution in [0.1, 0.15) is 93.3 Å². The highest BCUT2D eigenvalue weighted by Crippen LogP contribution is 2.47. The molecule has 4 heterocycles. The van der Waals surface area contributed by atoms with E-state index in [0.717, 1.165) is 25.7 Å². The van der Waals surface area contributed by atoms with Gasteiger partial charge in [0.2, 0.25) is 13.4 Å². The van der Waals surface area contributed by atoms with Gasteiger partial charge in [-0.2, -0.15) is 0 Å². The van der Waals surface area contributed by atoms with Crippen molar-refractivity contribution in [2.45, 2.75) is 85.0 Å². The maximum Gasteiger partial charge on any atom is 0.247 e. The molecule has 0 unspecified atom stereocenters. The normalized spacial score (nSPS) is 16.7. The molecule has 0 saturated heterocycles. The maximum absolute atomic E-state index is 2.72. The average Bonchev–Trinajstić information content (AvgIpc) is 3.03. The number of nitrogens with zero attached hydrogens (tertiary/aromatic N) is 1. The topological polar surface area (TPSA) is 3.24 Å². The zero-order chi connectivity index (χ0) is 31.7. The standard InChI is InChI=1S/C43H43B2N/c1-8-14-27-20-22-35-39-37(27)42(4,5)29-16-10-12-18-31(29)44(39)33-24-26(3)25-34-41(33)46(35)36-23-21-28(15-9-2)38-40(36)45(34)32-19-13-11-17-30(32)43(38,6)7/h10-13,16-25H,8-9,14-15H2,1-7H3. The molecule has 0 fully saturated rings. The van der Waals surface area contributed by atoms with Crippen molar-refractivity contribution in [2.24, 2.45) is 0 Å². The lowest BCUT2D eigenvalue weighted by molar-refractivity contribution is 0.634. The van der Waals surface area contributed by atoms with Gasteiger partial charge in [0.1, 0.15) is 0 Å². The summed E-state index contributed by atoms with van der Waals surface area (Å²) < 4.78 is 0. The van der Waals surface area contributed by atoms with Crippen molar-refractivity contribution in [1.29, 1.82) is 0 Å². The quantitative estimate of drug-likeness (QED) is 0.216. The zero-order valence-corrected chi connectivity index (χ0v) is 28.5. The van der Waals surface area contributed by atoms with Gasteiger partial charge in [-0.25, -0.2) is 0 Å². The molecule has 0 saturated carbocycles. The molecule has 0 spiro atoms. The van der Waals surface area contributed by atoms with Crippen molar-refractivity contribution in [3.63, 3.8) is 0 Å². The molecule has 5 aromatic rings. The summed E-state index contributed by atoms with van der Waals surface area (Å²) in [5, 5.41) is 0. The Balaban J connectivity index is 1.46. The van der Waals surface area contributed by atoms with Crippen molar-refractivity contribution in [3.8, 4) is 0 Å². The van der Waals surface area contributed by atoms with Crippen LogP contribution < -0.4 is 37.7 Å². The fourth-order valence-corrected chi connectivity index (χ4v) is 10.5. The van der Waals surface area contributed by atoms with Crippen LogP contribution in [-0.4, -0.2) is 13.4 Å². The van der Waals surface area contributed by atoms with Gasteiger partial charge in [0.15, 0.2) is 0 Å². The lowest BCUT2D eigenvalue weighted by Crippen LogP contribution is -2.70. The van der Waals surface area contributed by atoms with E-state index in [1.807, 2.05) is 0 Å². The van der Waals surface area contributed by atoms with Gasteiger partial charge in [0.25, 0.3) is 0 Å². The van der Waals surface area contributed by atoms with E-state index in [0.29, 0.717) is 0 Å². The molecule has 0 radical (unpaired) electrons. The number of fused-ring (bicyclic) bond motifs is 8. The molecule has 0 aromatic heterocycles. The molecule has 4 aliphatic heterocycles. The fraction of sp³-hybridized carbons (Fsp3) is 0.302. The van der Waals surface area contributed by atoms with Crippen LogP contribution in [0.25, 0.3) is 0 Å². The molecule has 0 amide bonds. The molecule has 0 N–H and O–H groups in total. The molecule has 226 valence electrons. The monoisotopic (exact) mass is 595 g/mol. The summed E-state index contributed by atoms with van der Waals surface area (Å²) in [7, 11) is 0. The van der Waals surface area contributed by atoms with Crippen molar-refractivity contribution in [1.82, 2.24) is 0 Å². The van der Waals surface area contributed by atoms with Crippen molar-refractivity contribution in [3.05, 3.63) is 124 Å². The molecule has 1 nitrogen and oxygen atoms in total. The van der Waals surface area contributed by atoms with E-state index < -0.39 is 0 Å². The van der Waals surface area contributed by atoms with Crippen LogP contribution in [0.4, 0.5) is 17.1 Å². The summed E-state index contributed by atoms with van der Waals surface area (Å²) in [6.45, 7) is 17.3. The molecule has 0 atom stereocenters. The van der Waals surface area contributed by atoms with Crippen LogP contribution in [0, 0.1) is 6.92 Å². The fourth-order valence-electron chi connectivity index (χ4n) is 10.5. The Morgan fingerprint density at radius 3 is 1.43 bits per heavy atom. The Labute approximate surface area is 276 Å². The second kappa shape index (κ2) is 9.54. The molecule has 5 aromatic carbocycles. The van der Waals surface area contributed by atoms with E-state index in [1.165, 1.54) is 66.7 Å². The van der Waals surface area contributed by atoms with Crippen molar-refractivity contribution < 1.29 is 0 Å². The summed E-state index contributed by atoms with van der Waals surface area (Å²) in [4.78, 5) is 2.72. The third kappa shape index (κ3) is 3.39. The van der Waals surface area contributed by atoms with Crippen LogP contribution in [0.2, 0.25) is 0 Å². The van der Waals surface area contributed by atoms with Crippen LogP contribution in [0.5, 0.6) is 0 Å². The first-order valence-corrected chi connectivity index (χ1v) is 17.7. The molecule has 9 rings (SSSR count). The SMILES string of the molecule is CCCc1ccc2c3c1C(C)(C)c1ccccc1B3c1cc(C)cc3c1N2c1ccc(CCC)c2c1B3c1ccccc1C2(C)C. The molecule has 46 heavy (non-hydrogen) atoms. The number of aryl methyl sites for hydroxylation is 3. The number of benzene rings is 5. The first-order chi connectivity index (χ1) is 22.2. The molecular formula is C43H43B2N. The van der Waals surface area contributed by atoms with E-state index in [1.54, 1.807) is 22.1 Å². The first-order valence-electron chi connectivity index (χ1n) is 17.7. The molecule has 0 aliphatic carbocycles. The van der Waals surface area contributed by atoms with Crippen molar-refractivity contribution >= 4 is 63.3 Å². The van der Waals surface area contributed by atoms with Gasteiger partial charge < -0.3 is 4.90 Å². The Hall–Kier alpha value is -3.97. The molecule has 3 heteroatoms. The van der Waals surface area contributed by atoms with Crippen LogP contribution >= 0.6 is 0 Å². The third-order valence-corrected chi connectivity index (χ3v) is 12.0. The van der Waals surface area contributed by atoms with Gasteiger partial charge in [-0.05, 0) is 87.1 Å². The summed E-state index contributed by atoms with van der Waals surface area (Å²) in [5.41, 5.74) is 23.6. The summed E-state index contributed by atoms with van der Waals surface area (Å²) in [6, 6.07) is 33.7. The third-order valence-electron chi connectivity index (χ3n) is 12.0. The number of hydrogen-bond donors (Lipinski definition) is 0. The van der Waals surface area contributed by atoms with Gasteiger partial charge >= 0.3 is 0 Å². The number of rotatable bonds is 4. The minimum atomic E-state index is -0.0727. The van der Waals surface area contributed by atoms with Crippen LogP contribution in [0.15, 0.2) is 84.9 Å². The van der Waals surface area contributed by atoms with E-state index >= 15 is 0 Å². The Kier molecular flexibility index (Phi) is 5.86. The Morgan fingerprint density at radius 1 is 0.565 bits per heavy atom. The van der Waals surface area contributed by atoms with Gasteiger partial charge in [0, 0.05) is 27.9 Å². The minimum Gasteiger partial charge on any atom is -0.313 e. The van der Waals surface area contributed by atoms with E-state index in [9.17, 15) is 0 Å². The highest BCUT2D eigenvalue weighted by atomic mass is 15.2. The smallest absolute Gasteiger partial charge is 0.247 e. The lowest BCUT2D eigenvalue weighted by atomic mass is 9.26. The highest BCUT2D eigenvalue weighted by Gasteiger charge is 2.52. The summed E-state index contributed by atoms with van der Waals surface area (Å²) in [5.74, 6) is 0. The average molecular weight is 595 g/mol. The van der Waals surface area contributed by atoms with Gasteiger partial charge in [-0.1, -0.05) is 144 Å². The van der Waals surface area contributed by atoms with Gasteiger partial charge in [-0.15, -0.1) is 0 Å². The highest BCUT2D eigenvalue weighted by molar-refractivity contribution is 7.03. The second-order valence-electron chi connectivity index (χ2n) is 15.5. The van der Waals surface area contributed by atoms with Gasteiger partial charge in [0.05, 0.1) is 0 Å². The van der Waals surface area contributed by atoms with Crippen LogP contribution in [0.3, 0.4) is 0 Å². The lowest BCUT2D eigenvalue weighted by Gasteiger charge is -2.51. The largest absolute Gasteiger partial charge is 0.313 e. The number of anilines is 3. The van der Waals surface area contributed by atoms with Gasteiger partial charge in [-0.3, -0.25) is 0 Å². The first kappa shape index (κ1) is 28.3. The Morgan fingerprint density at radius 2 is 1.00 bits per heavy atom. The van der Waals surface area contributed by atoms with E-state index in [4.69, 9.17) is 0 Å². The van der Waals surface area contributed by atoms with E-state index in [-0.39, 0.29) is 24.3 Å². The Bertz CT molecular complexity index is 1970.